The van der Waals surface area contributed by atoms with Gasteiger partial charge in [0.05, 0.1) is 0 Å². The lowest BCUT2D eigenvalue weighted by Crippen LogP contribution is -2.26. The van der Waals surface area contributed by atoms with E-state index in [1.54, 1.807) is 39.8 Å². The number of esters is 1. The lowest BCUT2D eigenvalue weighted by molar-refractivity contribution is -0.140. The van der Waals surface area contributed by atoms with E-state index in [2.05, 4.69) is 6.58 Å². The van der Waals surface area contributed by atoms with E-state index in [-0.39, 0.29) is 6.61 Å². The van der Waals surface area contributed by atoms with Gasteiger partial charge in [0.25, 0.3) is 0 Å². The summed E-state index contributed by atoms with van der Waals surface area (Å²) in [4.78, 5) is 23.2. The lowest BCUT2D eigenvalue weighted by Gasteiger charge is -2.20. The zero-order valence-electron chi connectivity index (χ0n) is 14.6. The average Bonchev–Trinajstić information content (AvgIpc) is 2.38. The van der Waals surface area contributed by atoms with Crippen LogP contribution in [0.4, 0.5) is 4.79 Å². The smallest absolute Gasteiger partial charge is 0.457 e. The highest BCUT2D eigenvalue weighted by Crippen LogP contribution is 2.26. The number of ether oxygens (including phenoxy) is 3. The van der Waals surface area contributed by atoms with Gasteiger partial charge < -0.3 is 14.2 Å². The van der Waals surface area contributed by atoms with Gasteiger partial charge in [-0.05, 0) is 70.4 Å². The van der Waals surface area contributed by atoms with Crippen LogP contribution in [0.3, 0.4) is 0 Å². The van der Waals surface area contributed by atoms with Gasteiger partial charge in [-0.1, -0.05) is 6.58 Å². The molecule has 1 aromatic carbocycles. The maximum Gasteiger partial charge on any atom is 0.514 e. The highest BCUT2D eigenvalue weighted by Gasteiger charge is 2.20. The van der Waals surface area contributed by atoms with Crippen molar-refractivity contribution in [3.8, 4) is 5.75 Å². The van der Waals surface area contributed by atoms with Gasteiger partial charge in [0.2, 0.25) is 0 Å². The Hall–Kier alpha value is -2.30. The molecule has 0 aliphatic carbocycles. The first-order valence-electron chi connectivity index (χ1n) is 7.33. The van der Waals surface area contributed by atoms with Crippen LogP contribution in [0.2, 0.25) is 0 Å². The molecule has 0 heterocycles. The molecule has 0 spiro atoms. The first kappa shape index (κ1) is 18.7. The van der Waals surface area contributed by atoms with Crippen LogP contribution in [0, 0.1) is 13.8 Å². The molecule has 0 atom stereocenters. The van der Waals surface area contributed by atoms with Crippen molar-refractivity contribution < 1.29 is 23.8 Å². The van der Waals surface area contributed by atoms with Crippen LogP contribution in [-0.2, 0) is 20.9 Å². The number of rotatable bonds is 4. The molecule has 1 rings (SSSR count). The van der Waals surface area contributed by atoms with E-state index in [1.165, 1.54) is 0 Å². The summed E-state index contributed by atoms with van der Waals surface area (Å²) in [6.45, 7) is 14.2. The van der Waals surface area contributed by atoms with Crippen LogP contribution in [0.15, 0.2) is 24.3 Å². The number of carbonyl (C=O) groups excluding carboxylic acids is 2. The van der Waals surface area contributed by atoms with E-state index in [0.717, 1.165) is 16.7 Å². The number of hydrogen-bond donors (Lipinski definition) is 0. The summed E-state index contributed by atoms with van der Waals surface area (Å²) in [6.07, 6.45) is -0.745. The number of aryl methyl sites for hydroxylation is 2. The second kappa shape index (κ2) is 7.31. The molecular formula is C18H24O5. The van der Waals surface area contributed by atoms with Gasteiger partial charge in [0.1, 0.15) is 18.0 Å². The van der Waals surface area contributed by atoms with Gasteiger partial charge in [-0.3, -0.25) is 0 Å². The van der Waals surface area contributed by atoms with Crippen molar-refractivity contribution in [3.05, 3.63) is 41.0 Å². The van der Waals surface area contributed by atoms with E-state index in [4.69, 9.17) is 14.2 Å². The Balaban J connectivity index is 2.83. The minimum atomic E-state index is -0.745. The predicted molar refractivity (Wildman–Crippen MR) is 87.4 cm³/mol. The molecule has 23 heavy (non-hydrogen) atoms. The van der Waals surface area contributed by atoms with Gasteiger partial charge in [-0.2, -0.15) is 0 Å². The van der Waals surface area contributed by atoms with E-state index >= 15 is 0 Å². The van der Waals surface area contributed by atoms with Gasteiger partial charge in [0, 0.05) is 5.57 Å². The molecule has 0 aliphatic rings. The minimum absolute atomic E-state index is 0.139. The first-order valence-corrected chi connectivity index (χ1v) is 7.33. The molecule has 0 bridgehead atoms. The van der Waals surface area contributed by atoms with Crippen LogP contribution in [-0.4, -0.2) is 17.7 Å². The Bertz CT molecular complexity index is 600. The van der Waals surface area contributed by atoms with Crippen molar-refractivity contribution in [3.63, 3.8) is 0 Å². The average molecular weight is 320 g/mol. The SMILES string of the molecule is C=C(C)C(=O)OCc1cc(C)c(OC(=O)OC(C)(C)C)c(C)c1. The molecule has 0 saturated carbocycles. The normalized spacial score (nSPS) is 10.9. The monoisotopic (exact) mass is 320 g/mol. The van der Waals surface area contributed by atoms with E-state index in [0.29, 0.717) is 11.3 Å². The van der Waals surface area contributed by atoms with E-state index in [9.17, 15) is 9.59 Å². The second-order valence-corrected chi connectivity index (χ2v) is 6.48. The standard InChI is InChI=1S/C18H24O5/c1-11(2)16(19)21-10-14-8-12(3)15(13(4)9-14)22-17(20)23-18(5,6)7/h8-9H,1,10H2,2-7H3. The summed E-state index contributed by atoms with van der Waals surface area (Å²) in [5.74, 6) is 0.0172. The topological polar surface area (TPSA) is 61.8 Å². The van der Waals surface area contributed by atoms with Crippen molar-refractivity contribution >= 4 is 12.1 Å². The molecule has 0 aromatic heterocycles. The fourth-order valence-electron chi connectivity index (χ4n) is 1.91. The van der Waals surface area contributed by atoms with Gasteiger partial charge in [-0.25, -0.2) is 9.59 Å². The van der Waals surface area contributed by atoms with Crippen molar-refractivity contribution in [1.82, 2.24) is 0 Å². The summed E-state index contributed by atoms with van der Waals surface area (Å²) >= 11 is 0. The zero-order chi connectivity index (χ0) is 17.8. The Morgan fingerprint density at radius 1 is 1.13 bits per heavy atom. The molecule has 5 nitrogen and oxygen atoms in total. The molecule has 0 amide bonds. The quantitative estimate of drug-likeness (QED) is 0.472. The first-order chi connectivity index (χ1) is 10.5. The molecule has 5 heteroatoms. The zero-order valence-corrected chi connectivity index (χ0v) is 14.6. The third-order valence-corrected chi connectivity index (χ3v) is 2.81. The fourth-order valence-corrected chi connectivity index (χ4v) is 1.91. The highest BCUT2D eigenvalue weighted by molar-refractivity contribution is 5.86. The van der Waals surface area contributed by atoms with Crippen molar-refractivity contribution in [2.45, 2.75) is 53.8 Å². The molecule has 0 radical (unpaired) electrons. The van der Waals surface area contributed by atoms with E-state index < -0.39 is 17.7 Å². The molecule has 1 aromatic rings. The van der Waals surface area contributed by atoms with Gasteiger partial charge in [0.15, 0.2) is 0 Å². The Morgan fingerprint density at radius 2 is 1.65 bits per heavy atom. The minimum Gasteiger partial charge on any atom is -0.457 e. The van der Waals surface area contributed by atoms with Crippen molar-refractivity contribution in [1.29, 1.82) is 0 Å². The summed E-state index contributed by atoms with van der Waals surface area (Å²) in [7, 11) is 0. The molecule has 0 aliphatic heterocycles. The van der Waals surface area contributed by atoms with Gasteiger partial charge in [-0.15, -0.1) is 0 Å². The predicted octanol–water partition coefficient (Wildman–Crippen LogP) is 4.24. The Labute approximate surface area is 137 Å². The molecule has 0 N–H and O–H groups in total. The molecular weight excluding hydrogens is 296 g/mol. The molecule has 0 fully saturated rings. The van der Waals surface area contributed by atoms with Crippen LogP contribution in [0.25, 0.3) is 0 Å². The Morgan fingerprint density at radius 3 is 2.09 bits per heavy atom. The molecule has 0 unspecified atom stereocenters. The van der Waals surface area contributed by atoms with Crippen LogP contribution < -0.4 is 4.74 Å². The summed E-state index contributed by atoms with van der Waals surface area (Å²) in [5, 5.41) is 0. The molecule has 126 valence electrons. The lowest BCUT2D eigenvalue weighted by atomic mass is 10.1. The van der Waals surface area contributed by atoms with Crippen LogP contribution in [0.5, 0.6) is 5.75 Å². The van der Waals surface area contributed by atoms with E-state index in [1.807, 2.05) is 13.8 Å². The summed E-state index contributed by atoms with van der Waals surface area (Å²) in [5.41, 5.74) is 2.07. The molecule has 0 saturated heterocycles. The van der Waals surface area contributed by atoms with Crippen molar-refractivity contribution in [2.75, 3.05) is 0 Å². The summed E-state index contributed by atoms with van der Waals surface area (Å²) < 4.78 is 15.6. The largest absolute Gasteiger partial charge is 0.514 e. The van der Waals surface area contributed by atoms with Crippen LogP contribution >= 0.6 is 0 Å². The fraction of sp³-hybridized carbons (Fsp3) is 0.444. The Kier molecular flexibility index (Phi) is 5.96. The second-order valence-electron chi connectivity index (χ2n) is 6.48. The van der Waals surface area contributed by atoms with Crippen molar-refractivity contribution in [2.24, 2.45) is 0 Å². The number of carbonyl (C=O) groups is 2. The third-order valence-electron chi connectivity index (χ3n) is 2.81. The number of hydrogen-bond acceptors (Lipinski definition) is 5. The number of benzene rings is 1. The summed E-state index contributed by atoms with van der Waals surface area (Å²) in [6, 6.07) is 3.61. The van der Waals surface area contributed by atoms with Crippen LogP contribution in [0.1, 0.15) is 44.4 Å². The van der Waals surface area contributed by atoms with Gasteiger partial charge >= 0.3 is 12.1 Å². The highest BCUT2D eigenvalue weighted by atomic mass is 16.7. The maximum absolute atomic E-state index is 11.8. The third kappa shape index (κ3) is 6.14. The maximum atomic E-state index is 11.8.